The molecule has 0 radical (unpaired) electrons. The average molecular weight is 551 g/mol. The van der Waals surface area contributed by atoms with Crippen LogP contribution in [0.2, 0.25) is 0 Å². The topological polar surface area (TPSA) is 0 Å². The molecular formula is C12H7Br5. The van der Waals surface area contributed by atoms with Gasteiger partial charge < -0.3 is 0 Å². The van der Waals surface area contributed by atoms with Crippen molar-refractivity contribution in [3.63, 3.8) is 0 Å². The van der Waals surface area contributed by atoms with Crippen molar-refractivity contribution in [2.24, 2.45) is 0 Å². The summed E-state index contributed by atoms with van der Waals surface area (Å²) in [5.41, 5.74) is 2.79. The number of alkyl halides is 3. The molecule has 0 fully saturated rings. The molecule has 1 aromatic rings. The Kier molecular flexibility index (Phi) is 3.48. The van der Waals surface area contributed by atoms with E-state index in [1.165, 1.54) is 20.1 Å². The van der Waals surface area contributed by atoms with E-state index in [1.807, 2.05) is 0 Å². The van der Waals surface area contributed by atoms with Crippen LogP contribution >= 0.6 is 79.6 Å². The maximum atomic E-state index is 3.84. The fourth-order valence-electron chi connectivity index (χ4n) is 2.66. The molecule has 90 valence electrons. The van der Waals surface area contributed by atoms with E-state index in [0.717, 1.165) is 0 Å². The van der Waals surface area contributed by atoms with Crippen molar-refractivity contribution in [1.29, 1.82) is 0 Å². The van der Waals surface area contributed by atoms with E-state index >= 15 is 0 Å². The molecule has 0 aliphatic heterocycles. The lowest BCUT2D eigenvalue weighted by molar-refractivity contribution is 0.563. The predicted molar refractivity (Wildman–Crippen MR) is 90.1 cm³/mol. The highest BCUT2D eigenvalue weighted by Gasteiger charge is 2.56. The first-order valence-corrected chi connectivity index (χ1v) is 9.20. The molecule has 0 amide bonds. The molecule has 0 nitrogen and oxygen atoms in total. The molecule has 1 aromatic carbocycles. The number of benzene rings is 1. The summed E-state index contributed by atoms with van der Waals surface area (Å²) >= 11 is 19.0. The SMILES string of the molecule is BrC1=C(Br)[C@H]2c3ccccc3[C@@H]1[C@H](Br)C2(Br)Br. The van der Waals surface area contributed by atoms with Crippen molar-refractivity contribution < 1.29 is 0 Å². The normalized spacial score (nSPS) is 33.8. The van der Waals surface area contributed by atoms with E-state index in [2.05, 4.69) is 104 Å². The van der Waals surface area contributed by atoms with Crippen LogP contribution in [-0.2, 0) is 0 Å². The van der Waals surface area contributed by atoms with E-state index in [4.69, 9.17) is 0 Å². The van der Waals surface area contributed by atoms with Gasteiger partial charge in [0.2, 0.25) is 0 Å². The zero-order valence-electron chi connectivity index (χ0n) is 8.43. The lowest BCUT2D eigenvalue weighted by Gasteiger charge is -2.50. The summed E-state index contributed by atoms with van der Waals surface area (Å²) in [6.07, 6.45) is 0. The van der Waals surface area contributed by atoms with Gasteiger partial charge in [0.05, 0.1) is 4.83 Å². The van der Waals surface area contributed by atoms with Crippen molar-refractivity contribution in [3.8, 4) is 0 Å². The third kappa shape index (κ3) is 1.75. The van der Waals surface area contributed by atoms with Gasteiger partial charge >= 0.3 is 0 Å². The molecule has 0 unspecified atom stereocenters. The van der Waals surface area contributed by atoms with Gasteiger partial charge in [0, 0.05) is 20.8 Å². The lowest BCUT2D eigenvalue weighted by atomic mass is 9.71. The number of hydrogen-bond donors (Lipinski definition) is 0. The summed E-state index contributed by atoms with van der Waals surface area (Å²) < 4.78 is 2.33. The summed E-state index contributed by atoms with van der Waals surface area (Å²) in [6.45, 7) is 0. The second-order valence-electron chi connectivity index (χ2n) is 4.31. The first-order valence-electron chi connectivity index (χ1n) is 5.12. The smallest absolute Gasteiger partial charge is 0.0855 e. The van der Waals surface area contributed by atoms with Crippen LogP contribution in [0, 0.1) is 0 Å². The number of fused-ring (bicyclic) bond motifs is 1. The van der Waals surface area contributed by atoms with Gasteiger partial charge in [-0.15, -0.1) is 0 Å². The molecule has 3 aliphatic carbocycles. The van der Waals surface area contributed by atoms with Crippen LogP contribution in [0.15, 0.2) is 33.2 Å². The van der Waals surface area contributed by atoms with Gasteiger partial charge in [-0.3, -0.25) is 0 Å². The molecule has 0 saturated carbocycles. The van der Waals surface area contributed by atoms with Crippen molar-refractivity contribution in [2.45, 2.75) is 19.9 Å². The average Bonchev–Trinajstić information content (AvgIpc) is 2.28. The van der Waals surface area contributed by atoms with E-state index in [0.29, 0.717) is 10.7 Å². The Bertz CT molecular complexity index is 519. The fourth-order valence-corrected chi connectivity index (χ4v) is 7.52. The number of rotatable bonds is 0. The van der Waals surface area contributed by atoms with Crippen molar-refractivity contribution in [2.75, 3.05) is 0 Å². The number of halogens is 5. The molecule has 0 N–H and O–H groups in total. The number of hydrogen-bond acceptors (Lipinski definition) is 0. The molecule has 0 spiro atoms. The van der Waals surface area contributed by atoms with Gasteiger partial charge in [-0.05, 0) is 11.1 Å². The van der Waals surface area contributed by atoms with Crippen LogP contribution in [0.5, 0.6) is 0 Å². The first-order chi connectivity index (χ1) is 7.96. The van der Waals surface area contributed by atoms with E-state index in [1.54, 1.807) is 0 Å². The Labute approximate surface area is 142 Å². The zero-order valence-corrected chi connectivity index (χ0v) is 16.4. The lowest BCUT2D eigenvalue weighted by Crippen LogP contribution is -2.45. The Morgan fingerprint density at radius 3 is 2.18 bits per heavy atom. The highest BCUT2D eigenvalue weighted by molar-refractivity contribution is 9.26. The summed E-state index contributed by atoms with van der Waals surface area (Å²) in [5.74, 6) is 0.617. The quantitative estimate of drug-likeness (QED) is 0.341. The Morgan fingerprint density at radius 1 is 0.941 bits per heavy atom. The maximum absolute atomic E-state index is 3.84. The fraction of sp³-hybridized carbons (Fsp3) is 0.333. The molecule has 4 rings (SSSR count). The minimum Gasteiger partial charge on any atom is -0.0855 e. The van der Waals surface area contributed by atoms with E-state index in [9.17, 15) is 0 Å². The van der Waals surface area contributed by atoms with Crippen molar-refractivity contribution in [1.82, 2.24) is 0 Å². The third-order valence-corrected chi connectivity index (χ3v) is 10.2. The van der Waals surface area contributed by atoms with E-state index in [-0.39, 0.29) is 9.15 Å². The predicted octanol–water partition coefficient (Wildman–Crippen LogP) is 6.13. The molecule has 0 heterocycles. The molecular weight excluding hydrogens is 544 g/mol. The zero-order chi connectivity index (χ0) is 12.4. The minimum atomic E-state index is -0.144. The highest BCUT2D eigenvalue weighted by atomic mass is 79.9. The van der Waals surface area contributed by atoms with Crippen LogP contribution in [0.3, 0.4) is 0 Å². The van der Waals surface area contributed by atoms with Crippen molar-refractivity contribution >= 4 is 79.6 Å². The highest BCUT2D eigenvalue weighted by Crippen LogP contribution is 2.66. The largest absolute Gasteiger partial charge is 0.105 e. The van der Waals surface area contributed by atoms with E-state index < -0.39 is 0 Å². The van der Waals surface area contributed by atoms with Gasteiger partial charge in [-0.1, -0.05) is 104 Å². The Balaban J connectivity index is 2.32. The van der Waals surface area contributed by atoms with Crippen LogP contribution in [0.1, 0.15) is 23.0 Å². The van der Waals surface area contributed by atoms with Gasteiger partial charge in [0.15, 0.2) is 0 Å². The summed E-state index contributed by atoms with van der Waals surface area (Å²) in [7, 11) is 0. The van der Waals surface area contributed by atoms with Gasteiger partial charge in [0.25, 0.3) is 0 Å². The summed E-state index contributed by atoms with van der Waals surface area (Å²) in [5, 5.41) is 0. The second-order valence-corrected chi connectivity index (χ2v) is 10.7. The monoisotopic (exact) mass is 546 g/mol. The molecule has 5 heteroatoms. The second kappa shape index (κ2) is 4.44. The Hall–Kier alpha value is 1.36. The van der Waals surface area contributed by atoms with Gasteiger partial charge in [0.1, 0.15) is 3.23 Å². The Morgan fingerprint density at radius 2 is 1.53 bits per heavy atom. The standard InChI is InChI=1S/C12H7Br5/c13-9-7-5-3-1-2-4-6(5)8(10(9)14)12(16,17)11(7)15/h1-4,7-8,11H/t7-,8+,11-/m0/s1. The van der Waals surface area contributed by atoms with Crippen LogP contribution in [0.25, 0.3) is 0 Å². The van der Waals surface area contributed by atoms with Crippen LogP contribution in [-0.4, -0.2) is 8.06 Å². The maximum Gasteiger partial charge on any atom is 0.105 e. The van der Waals surface area contributed by atoms with Crippen LogP contribution in [0.4, 0.5) is 0 Å². The summed E-state index contributed by atoms with van der Waals surface area (Å²) in [4.78, 5) is 0.311. The molecule has 17 heavy (non-hydrogen) atoms. The van der Waals surface area contributed by atoms with Crippen LogP contribution < -0.4 is 0 Å². The molecule has 3 aliphatic rings. The number of allylic oxidation sites excluding steroid dienone is 2. The van der Waals surface area contributed by atoms with Gasteiger partial charge in [-0.25, -0.2) is 0 Å². The molecule has 3 atom stereocenters. The van der Waals surface area contributed by atoms with Gasteiger partial charge in [-0.2, -0.15) is 0 Å². The minimum absolute atomic E-state index is 0.144. The summed E-state index contributed by atoms with van der Waals surface area (Å²) in [6, 6.07) is 8.64. The first kappa shape index (κ1) is 13.3. The molecule has 2 bridgehead atoms. The molecule has 0 aromatic heterocycles. The van der Waals surface area contributed by atoms with Crippen molar-refractivity contribution in [3.05, 3.63) is 44.4 Å². The molecule has 0 saturated heterocycles. The third-order valence-electron chi connectivity index (χ3n) is 3.44.